The van der Waals surface area contributed by atoms with Crippen LogP contribution in [0.25, 0.3) is 27.9 Å². The molecule has 0 aliphatic carbocycles. The molecule has 1 atom stereocenters. The minimum absolute atomic E-state index is 0.527. The van der Waals surface area contributed by atoms with Crippen molar-refractivity contribution in [3.63, 3.8) is 0 Å². The number of anilines is 1. The molecule has 0 radical (unpaired) electrons. The van der Waals surface area contributed by atoms with Gasteiger partial charge in [0, 0.05) is 35.1 Å². The fourth-order valence-corrected chi connectivity index (χ4v) is 5.50. The van der Waals surface area contributed by atoms with Crippen LogP contribution in [0.5, 0.6) is 0 Å². The third-order valence-corrected chi connectivity index (χ3v) is 7.50. The Hall–Kier alpha value is -2.87. The van der Waals surface area contributed by atoms with Crippen molar-refractivity contribution in [2.75, 3.05) is 25.0 Å². The molecule has 6 rings (SSSR count). The SMILES string of the molecule is Clc1ccccc1-c1cc(NCC2CCCN(Cc3cc4ccccc4o3)C2)n2ncc(Br)c2n1. The van der Waals surface area contributed by atoms with Gasteiger partial charge in [0.05, 0.1) is 22.9 Å². The third kappa shape index (κ3) is 4.68. The quantitative estimate of drug-likeness (QED) is 0.250. The lowest BCUT2D eigenvalue weighted by atomic mass is 9.98. The molecule has 1 fully saturated rings. The topological polar surface area (TPSA) is 58.6 Å². The van der Waals surface area contributed by atoms with Crippen LogP contribution in [0.4, 0.5) is 5.82 Å². The number of halogens is 2. The lowest BCUT2D eigenvalue weighted by molar-refractivity contribution is 0.163. The zero-order valence-electron chi connectivity index (χ0n) is 19.1. The number of para-hydroxylation sites is 1. The van der Waals surface area contributed by atoms with Crippen molar-refractivity contribution in [2.24, 2.45) is 5.92 Å². The molecule has 6 nitrogen and oxygen atoms in total. The van der Waals surface area contributed by atoms with E-state index in [0.29, 0.717) is 10.9 Å². The number of hydrogen-bond donors (Lipinski definition) is 1. The largest absolute Gasteiger partial charge is 0.460 e. The maximum atomic E-state index is 6.48. The highest BCUT2D eigenvalue weighted by Gasteiger charge is 2.22. The molecule has 0 spiro atoms. The van der Waals surface area contributed by atoms with Crippen molar-refractivity contribution in [1.82, 2.24) is 19.5 Å². The highest BCUT2D eigenvalue weighted by Crippen LogP contribution is 2.31. The van der Waals surface area contributed by atoms with Gasteiger partial charge in [-0.25, -0.2) is 4.98 Å². The summed E-state index contributed by atoms with van der Waals surface area (Å²) in [7, 11) is 0. The first-order valence-corrected chi connectivity index (χ1v) is 13.0. The van der Waals surface area contributed by atoms with Crippen molar-refractivity contribution < 1.29 is 4.42 Å². The highest BCUT2D eigenvalue weighted by atomic mass is 79.9. The van der Waals surface area contributed by atoms with E-state index in [-0.39, 0.29) is 0 Å². The van der Waals surface area contributed by atoms with Crippen molar-refractivity contribution >= 4 is 50.0 Å². The van der Waals surface area contributed by atoms with E-state index in [1.807, 2.05) is 47.0 Å². The van der Waals surface area contributed by atoms with Crippen LogP contribution in [0.15, 0.2) is 75.8 Å². The first-order chi connectivity index (χ1) is 17.1. The van der Waals surface area contributed by atoms with Crippen LogP contribution < -0.4 is 5.32 Å². The second-order valence-corrected chi connectivity index (χ2v) is 10.4. The van der Waals surface area contributed by atoms with Crippen LogP contribution in [0.3, 0.4) is 0 Å². The molecule has 3 aromatic heterocycles. The summed E-state index contributed by atoms with van der Waals surface area (Å²) in [6.45, 7) is 3.82. The second-order valence-electron chi connectivity index (χ2n) is 9.11. The molecule has 4 heterocycles. The van der Waals surface area contributed by atoms with Gasteiger partial charge in [-0.05, 0) is 59.4 Å². The number of aromatic nitrogens is 3. The number of benzene rings is 2. The summed E-state index contributed by atoms with van der Waals surface area (Å²) in [5.74, 6) is 2.46. The molecular formula is C27H25BrClN5O. The van der Waals surface area contributed by atoms with Crippen LogP contribution in [0.1, 0.15) is 18.6 Å². The summed E-state index contributed by atoms with van der Waals surface area (Å²) in [4.78, 5) is 7.30. The van der Waals surface area contributed by atoms with Crippen molar-refractivity contribution in [3.8, 4) is 11.3 Å². The van der Waals surface area contributed by atoms with Crippen LogP contribution in [-0.4, -0.2) is 39.1 Å². The smallest absolute Gasteiger partial charge is 0.172 e. The number of rotatable bonds is 6. The average molecular weight is 551 g/mol. The molecule has 1 saturated heterocycles. The van der Waals surface area contributed by atoms with Gasteiger partial charge in [0.15, 0.2) is 5.65 Å². The lowest BCUT2D eigenvalue weighted by Crippen LogP contribution is -2.37. The van der Waals surface area contributed by atoms with Crippen LogP contribution >= 0.6 is 27.5 Å². The van der Waals surface area contributed by atoms with Crippen LogP contribution in [0.2, 0.25) is 5.02 Å². The van der Waals surface area contributed by atoms with E-state index < -0.39 is 0 Å². The molecule has 35 heavy (non-hydrogen) atoms. The predicted molar refractivity (Wildman–Crippen MR) is 144 cm³/mol. The van der Waals surface area contributed by atoms with Gasteiger partial charge in [-0.1, -0.05) is 48.0 Å². The molecule has 1 aliphatic heterocycles. The monoisotopic (exact) mass is 549 g/mol. The van der Waals surface area contributed by atoms with E-state index in [9.17, 15) is 0 Å². The molecule has 0 amide bonds. The van der Waals surface area contributed by atoms with Gasteiger partial charge in [0.2, 0.25) is 0 Å². The zero-order valence-corrected chi connectivity index (χ0v) is 21.5. The van der Waals surface area contributed by atoms with E-state index in [0.717, 1.165) is 64.7 Å². The Kier molecular flexibility index (Phi) is 6.22. The average Bonchev–Trinajstić information content (AvgIpc) is 3.46. The Morgan fingerprint density at radius 3 is 2.86 bits per heavy atom. The Balaban J connectivity index is 1.19. The number of likely N-dealkylation sites (tertiary alicyclic amines) is 1. The summed E-state index contributed by atoms with van der Waals surface area (Å²) in [6, 6.07) is 20.2. The molecule has 0 saturated carbocycles. The molecule has 178 valence electrons. The number of piperidine rings is 1. The van der Waals surface area contributed by atoms with Crippen LogP contribution in [0, 0.1) is 5.92 Å². The number of nitrogens with zero attached hydrogens (tertiary/aromatic N) is 4. The van der Waals surface area contributed by atoms with Gasteiger partial charge >= 0.3 is 0 Å². The van der Waals surface area contributed by atoms with Gasteiger partial charge in [-0.3, -0.25) is 4.90 Å². The minimum Gasteiger partial charge on any atom is -0.460 e. The predicted octanol–water partition coefficient (Wildman–Crippen LogP) is 6.88. The number of nitrogens with one attached hydrogen (secondary N) is 1. The first-order valence-electron chi connectivity index (χ1n) is 11.9. The van der Waals surface area contributed by atoms with E-state index in [1.165, 1.54) is 18.2 Å². The maximum absolute atomic E-state index is 6.48. The summed E-state index contributed by atoms with van der Waals surface area (Å²) in [5.41, 5.74) is 3.45. The molecule has 2 aromatic carbocycles. The summed E-state index contributed by atoms with van der Waals surface area (Å²) >= 11 is 10.1. The van der Waals surface area contributed by atoms with Gasteiger partial charge in [-0.2, -0.15) is 9.61 Å². The number of furan rings is 1. The van der Waals surface area contributed by atoms with Gasteiger partial charge < -0.3 is 9.73 Å². The Labute approximate surface area is 217 Å². The van der Waals surface area contributed by atoms with Crippen LogP contribution in [-0.2, 0) is 6.54 Å². The van der Waals surface area contributed by atoms with E-state index >= 15 is 0 Å². The Bertz CT molecular complexity index is 1460. The van der Waals surface area contributed by atoms with E-state index in [4.69, 9.17) is 21.0 Å². The van der Waals surface area contributed by atoms with Gasteiger partial charge in [0.1, 0.15) is 17.2 Å². The highest BCUT2D eigenvalue weighted by molar-refractivity contribution is 9.10. The molecule has 1 N–H and O–H groups in total. The third-order valence-electron chi connectivity index (χ3n) is 6.61. The molecule has 0 bridgehead atoms. The summed E-state index contributed by atoms with van der Waals surface area (Å²) < 4.78 is 8.76. The zero-order chi connectivity index (χ0) is 23.8. The van der Waals surface area contributed by atoms with E-state index in [1.54, 1.807) is 6.20 Å². The van der Waals surface area contributed by atoms with Crippen molar-refractivity contribution in [2.45, 2.75) is 19.4 Å². The molecule has 1 unspecified atom stereocenters. The maximum Gasteiger partial charge on any atom is 0.172 e. The second kappa shape index (κ2) is 9.64. The fraction of sp³-hybridized carbons (Fsp3) is 0.259. The lowest BCUT2D eigenvalue weighted by Gasteiger charge is -2.32. The van der Waals surface area contributed by atoms with E-state index in [2.05, 4.69) is 49.4 Å². The van der Waals surface area contributed by atoms with Gasteiger partial charge in [0.25, 0.3) is 0 Å². The molecule has 5 aromatic rings. The standard InChI is InChI=1S/C27H25BrClN5O/c28-22-15-31-34-26(13-24(32-27(22)34)21-8-2-3-9-23(21)29)30-14-18-6-5-11-33(16-18)17-20-12-19-7-1-4-10-25(19)35-20/h1-4,7-10,12-13,15,18,30H,5-6,11,14,16-17H2. The Morgan fingerprint density at radius 2 is 1.97 bits per heavy atom. The fourth-order valence-electron chi connectivity index (χ4n) is 4.91. The van der Waals surface area contributed by atoms with Gasteiger partial charge in [-0.15, -0.1) is 0 Å². The number of hydrogen-bond acceptors (Lipinski definition) is 5. The normalized spacial score (nSPS) is 16.8. The summed E-state index contributed by atoms with van der Waals surface area (Å²) in [6.07, 6.45) is 4.15. The molecular weight excluding hydrogens is 526 g/mol. The number of fused-ring (bicyclic) bond motifs is 2. The van der Waals surface area contributed by atoms with Crippen molar-refractivity contribution in [1.29, 1.82) is 0 Å². The Morgan fingerprint density at radius 1 is 1.11 bits per heavy atom. The first kappa shape index (κ1) is 22.6. The summed E-state index contributed by atoms with van der Waals surface area (Å²) in [5, 5.41) is 10.0. The minimum atomic E-state index is 0.527. The molecule has 8 heteroatoms. The van der Waals surface area contributed by atoms with Crippen molar-refractivity contribution in [3.05, 3.63) is 82.1 Å². The molecule has 1 aliphatic rings.